The van der Waals surface area contributed by atoms with Crippen LogP contribution in [0.4, 0.5) is 0 Å². The fraction of sp³-hybridized carbons (Fsp3) is 0.800. The van der Waals surface area contributed by atoms with Gasteiger partial charge >= 0.3 is 5.97 Å². The molecule has 2 aliphatic rings. The Bertz CT molecular complexity index is 489. The lowest BCUT2D eigenvalue weighted by molar-refractivity contribution is -0.140. The number of aromatic nitrogens is 3. The summed E-state index contributed by atoms with van der Waals surface area (Å²) in [7, 11) is 0. The first-order chi connectivity index (χ1) is 9.69. The molecule has 1 aromatic rings. The summed E-state index contributed by atoms with van der Waals surface area (Å²) in [5, 5.41) is 17.9. The smallest absolute Gasteiger partial charge is 0.303 e. The molecule has 1 saturated carbocycles. The van der Waals surface area contributed by atoms with Crippen LogP contribution in [0, 0.1) is 5.41 Å². The molecule has 0 amide bonds. The molecular formula is C15H23N3O2. The zero-order chi connectivity index (χ0) is 14.0. The number of fused-ring (bicyclic) bond motifs is 1. The SMILES string of the molecule is O=C(O)CC1(Cc2nnc3n2CCCC3)CCCCC1. The van der Waals surface area contributed by atoms with E-state index >= 15 is 0 Å². The number of aryl methyl sites for hydroxylation is 1. The molecule has 1 aromatic heterocycles. The zero-order valence-corrected chi connectivity index (χ0v) is 12.0. The maximum absolute atomic E-state index is 11.2. The highest BCUT2D eigenvalue weighted by molar-refractivity contribution is 5.67. The monoisotopic (exact) mass is 277 g/mol. The summed E-state index contributed by atoms with van der Waals surface area (Å²) < 4.78 is 2.24. The van der Waals surface area contributed by atoms with E-state index in [0.717, 1.165) is 56.7 Å². The predicted octanol–water partition coefficient (Wildman–Crippen LogP) is 2.58. The highest BCUT2D eigenvalue weighted by Gasteiger charge is 2.36. The number of hydrogen-bond acceptors (Lipinski definition) is 3. The lowest BCUT2D eigenvalue weighted by Gasteiger charge is -2.36. The first kappa shape index (κ1) is 13.6. The second-order valence-corrected chi connectivity index (χ2v) is 6.45. The van der Waals surface area contributed by atoms with Gasteiger partial charge in [-0.2, -0.15) is 0 Å². The van der Waals surface area contributed by atoms with Gasteiger partial charge in [0.1, 0.15) is 11.6 Å². The summed E-state index contributed by atoms with van der Waals surface area (Å²) in [6.07, 6.45) is 10.0. The van der Waals surface area contributed by atoms with Crippen molar-refractivity contribution in [3.8, 4) is 0 Å². The molecule has 110 valence electrons. The highest BCUT2D eigenvalue weighted by atomic mass is 16.4. The molecule has 0 spiro atoms. The molecule has 0 radical (unpaired) electrons. The Morgan fingerprint density at radius 2 is 1.95 bits per heavy atom. The van der Waals surface area contributed by atoms with Gasteiger partial charge in [-0.3, -0.25) is 4.79 Å². The minimum Gasteiger partial charge on any atom is -0.481 e. The number of rotatable bonds is 4. The molecule has 5 heteroatoms. The van der Waals surface area contributed by atoms with Gasteiger partial charge in [0.25, 0.3) is 0 Å². The Hall–Kier alpha value is -1.39. The maximum Gasteiger partial charge on any atom is 0.303 e. The van der Waals surface area contributed by atoms with Crippen molar-refractivity contribution in [2.45, 2.75) is 70.8 Å². The van der Waals surface area contributed by atoms with Crippen molar-refractivity contribution in [2.24, 2.45) is 5.41 Å². The van der Waals surface area contributed by atoms with Crippen LogP contribution < -0.4 is 0 Å². The van der Waals surface area contributed by atoms with Crippen molar-refractivity contribution in [1.29, 1.82) is 0 Å². The number of carboxylic acids is 1. The van der Waals surface area contributed by atoms with E-state index in [9.17, 15) is 9.90 Å². The van der Waals surface area contributed by atoms with Gasteiger partial charge in [0, 0.05) is 19.4 Å². The average Bonchev–Trinajstić information content (AvgIpc) is 2.82. The predicted molar refractivity (Wildman–Crippen MR) is 74.4 cm³/mol. The molecule has 1 aliphatic heterocycles. The maximum atomic E-state index is 11.2. The Labute approximate surface area is 119 Å². The quantitative estimate of drug-likeness (QED) is 0.918. The molecule has 0 aromatic carbocycles. The molecule has 3 rings (SSSR count). The van der Waals surface area contributed by atoms with E-state index in [-0.39, 0.29) is 11.8 Å². The molecule has 0 bridgehead atoms. The Kier molecular flexibility index (Phi) is 3.76. The van der Waals surface area contributed by atoms with Crippen LogP contribution in [-0.2, 0) is 24.2 Å². The first-order valence-corrected chi connectivity index (χ1v) is 7.81. The molecule has 1 N–H and O–H groups in total. The summed E-state index contributed by atoms with van der Waals surface area (Å²) in [6, 6.07) is 0. The number of carboxylic acid groups (broad SMARTS) is 1. The van der Waals surface area contributed by atoms with Gasteiger partial charge < -0.3 is 9.67 Å². The van der Waals surface area contributed by atoms with Crippen molar-refractivity contribution in [1.82, 2.24) is 14.8 Å². The number of aliphatic carboxylic acids is 1. The van der Waals surface area contributed by atoms with E-state index in [1.165, 1.54) is 19.3 Å². The van der Waals surface area contributed by atoms with Crippen LogP contribution in [-0.4, -0.2) is 25.8 Å². The van der Waals surface area contributed by atoms with E-state index in [0.29, 0.717) is 0 Å². The molecule has 0 saturated heterocycles. The molecule has 0 atom stereocenters. The molecule has 5 nitrogen and oxygen atoms in total. The Morgan fingerprint density at radius 1 is 1.15 bits per heavy atom. The van der Waals surface area contributed by atoms with Crippen LogP contribution in [0.2, 0.25) is 0 Å². The van der Waals surface area contributed by atoms with Crippen molar-refractivity contribution < 1.29 is 9.90 Å². The molecule has 0 unspecified atom stereocenters. The first-order valence-electron chi connectivity index (χ1n) is 7.81. The van der Waals surface area contributed by atoms with Crippen LogP contribution in [0.3, 0.4) is 0 Å². The van der Waals surface area contributed by atoms with Gasteiger partial charge in [-0.15, -0.1) is 10.2 Å². The molecule has 2 heterocycles. The van der Waals surface area contributed by atoms with Crippen molar-refractivity contribution in [3.63, 3.8) is 0 Å². The van der Waals surface area contributed by atoms with Crippen molar-refractivity contribution >= 4 is 5.97 Å². The van der Waals surface area contributed by atoms with Crippen molar-refractivity contribution in [2.75, 3.05) is 0 Å². The van der Waals surface area contributed by atoms with E-state index in [2.05, 4.69) is 14.8 Å². The van der Waals surface area contributed by atoms with Crippen LogP contribution >= 0.6 is 0 Å². The number of carbonyl (C=O) groups is 1. The van der Waals surface area contributed by atoms with E-state index in [1.54, 1.807) is 0 Å². The van der Waals surface area contributed by atoms with Gasteiger partial charge in [0.2, 0.25) is 0 Å². The molecule has 1 fully saturated rings. The van der Waals surface area contributed by atoms with Gasteiger partial charge in [-0.25, -0.2) is 0 Å². The van der Waals surface area contributed by atoms with E-state index in [1.807, 2.05) is 0 Å². The third-order valence-electron chi connectivity index (χ3n) is 4.91. The molecular weight excluding hydrogens is 254 g/mol. The van der Waals surface area contributed by atoms with Crippen LogP contribution in [0.1, 0.15) is 63.0 Å². The summed E-state index contributed by atoms with van der Waals surface area (Å²) in [5.74, 6) is 1.43. The van der Waals surface area contributed by atoms with Crippen LogP contribution in [0.25, 0.3) is 0 Å². The third kappa shape index (κ3) is 2.72. The average molecular weight is 277 g/mol. The summed E-state index contributed by atoms with van der Waals surface area (Å²) in [6.45, 7) is 1.00. The van der Waals surface area contributed by atoms with Gasteiger partial charge in [0.15, 0.2) is 0 Å². The lowest BCUT2D eigenvalue weighted by atomic mass is 9.69. The minimum atomic E-state index is -0.676. The van der Waals surface area contributed by atoms with Crippen LogP contribution in [0.5, 0.6) is 0 Å². The number of nitrogens with zero attached hydrogens (tertiary/aromatic N) is 3. The Balaban J connectivity index is 1.82. The normalized spacial score (nSPS) is 21.4. The lowest BCUT2D eigenvalue weighted by Crippen LogP contribution is -2.31. The minimum absolute atomic E-state index is 0.0919. The second kappa shape index (κ2) is 5.54. The largest absolute Gasteiger partial charge is 0.481 e. The highest BCUT2D eigenvalue weighted by Crippen LogP contribution is 2.42. The molecule has 1 aliphatic carbocycles. The van der Waals surface area contributed by atoms with E-state index < -0.39 is 5.97 Å². The Morgan fingerprint density at radius 3 is 2.70 bits per heavy atom. The van der Waals surface area contributed by atoms with Gasteiger partial charge in [0.05, 0.1) is 6.42 Å². The summed E-state index contributed by atoms with van der Waals surface area (Å²) >= 11 is 0. The van der Waals surface area contributed by atoms with Crippen molar-refractivity contribution in [3.05, 3.63) is 11.6 Å². The second-order valence-electron chi connectivity index (χ2n) is 6.45. The van der Waals surface area contributed by atoms with Crippen LogP contribution in [0.15, 0.2) is 0 Å². The van der Waals surface area contributed by atoms with Gasteiger partial charge in [-0.1, -0.05) is 19.3 Å². The van der Waals surface area contributed by atoms with Gasteiger partial charge in [-0.05, 0) is 31.1 Å². The number of hydrogen-bond donors (Lipinski definition) is 1. The molecule has 20 heavy (non-hydrogen) atoms. The summed E-state index contributed by atoms with van der Waals surface area (Å²) in [4.78, 5) is 11.2. The third-order valence-corrected chi connectivity index (χ3v) is 4.91. The summed E-state index contributed by atoms with van der Waals surface area (Å²) in [5.41, 5.74) is -0.0919. The fourth-order valence-electron chi connectivity index (χ4n) is 3.87. The van der Waals surface area contributed by atoms with E-state index in [4.69, 9.17) is 0 Å². The standard InChI is InChI=1S/C15H23N3O2/c19-14(20)11-15(7-3-1-4-8-15)10-13-17-16-12-6-2-5-9-18(12)13/h1-11H2,(H,19,20). The fourth-order valence-corrected chi connectivity index (χ4v) is 3.87. The topological polar surface area (TPSA) is 68.0 Å². The zero-order valence-electron chi connectivity index (χ0n) is 12.0.